The summed E-state index contributed by atoms with van der Waals surface area (Å²) in [5.74, 6) is 0.0986. The lowest BCUT2D eigenvalue weighted by Crippen LogP contribution is -2.49. The molecule has 6 nitrogen and oxygen atoms in total. The number of nitrogens with one attached hydrogen (secondary N) is 1. The molecule has 1 saturated heterocycles. The lowest BCUT2D eigenvalue weighted by atomic mass is 10.1. The third kappa shape index (κ3) is 3.59. The first-order valence-corrected chi connectivity index (χ1v) is 10.6. The van der Waals surface area contributed by atoms with E-state index in [0.717, 1.165) is 30.0 Å². The average molecular weight is 447 g/mol. The third-order valence-corrected chi connectivity index (χ3v) is 6.25. The number of aromatic nitrogens is 2. The number of halogens is 3. The summed E-state index contributed by atoms with van der Waals surface area (Å²) in [6.07, 6.45) is 3.25. The summed E-state index contributed by atoms with van der Waals surface area (Å²) < 4.78 is 33.2. The highest BCUT2D eigenvalue weighted by Crippen LogP contribution is 2.45. The molecule has 0 radical (unpaired) electrons. The van der Waals surface area contributed by atoms with E-state index in [-0.39, 0.29) is 16.4 Å². The van der Waals surface area contributed by atoms with Crippen molar-refractivity contribution in [3.05, 3.63) is 52.3 Å². The van der Waals surface area contributed by atoms with Gasteiger partial charge in [-0.1, -0.05) is 11.6 Å². The number of anilines is 1. The van der Waals surface area contributed by atoms with Gasteiger partial charge in [-0.3, -0.25) is 4.79 Å². The number of carbonyl (C=O) groups excluding carboxylic acids is 1. The van der Waals surface area contributed by atoms with Gasteiger partial charge >= 0.3 is 0 Å². The molecule has 0 atom stereocenters. The number of rotatable bonds is 4. The van der Waals surface area contributed by atoms with E-state index in [1.165, 1.54) is 13.2 Å². The minimum absolute atomic E-state index is 0.0737. The van der Waals surface area contributed by atoms with Crippen LogP contribution in [0.1, 0.15) is 34.8 Å². The number of ether oxygens (including phenoxy) is 1. The van der Waals surface area contributed by atoms with Gasteiger partial charge in [-0.15, -0.1) is 0 Å². The maximum atomic E-state index is 14.6. The van der Waals surface area contributed by atoms with E-state index in [2.05, 4.69) is 9.97 Å². The molecule has 0 unspecified atom stereocenters. The maximum Gasteiger partial charge on any atom is 0.270 e. The van der Waals surface area contributed by atoms with Crippen molar-refractivity contribution in [2.24, 2.45) is 0 Å². The van der Waals surface area contributed by atoms with Gasteiger partial charge in [-0.25, -0.2) is 13.8 Å². The number of hydrogen-bond acceptors (Lipinski definition) is 4. The van der Waals surface area contributed by atoms with Crippen LogP contribution in [0, 0.1) is 11.6 Å². The van der Waals surface area contributed by atoms with Crippen LogP contribution in [-0.2, 0) is 0 Å². The number of nitrogens with zero attached hydrogens (tertiary/aromatic N) is 3. The van der Waals surface area contributed by atoms with Crippen molar-refractivity contribution in [2.75, 3.05) is 38.2 Å². The molecule has 1 aliphatic carbocycles. The molecule has 5 rings (SSSR count). The number of hydrogen-bond donors (Lipinski definition) is 1. The predicted octanol–water partition coefficient (Wildman–Crippen LogP) is 4.34. The topological polar surface area (TPSA) is 61.5 Å². The second kappa shape index (κ2) is 7.67. The molecule has 1 aliphatic heterocycles. The zero-order valence-corrected chi connectivity index (χ0v) is 17.7. The van der Waals surface area contributed by atoms with Gasteiger partial charge < -0.3 is 19.5 Å². The molecule has 1 amide bonds. The standard InChI is InChI=1S/C22H21ClF2N4O2/c1-31-18-8-13(24)11-26-21(18)28-4-6-29(7-5-28)22(30)17-10-15-14(12-2-3-12)9-16(23)19(25)20(15)27-17/h8-12,27H,2-7H2,1H3. The first kappa shape index (κ1) is 20.1. The quantitative estimate of drug-likeness (QED) is 0.647. The number of H-pyrrole nitrogens is 1. The van der Waals surface area contributed by atoms with Crippen molar-refractivity contribution in [3.8, 4) is 5.75 Å². The number of fused-ring (bicyclic) bond motifs is 1. The first-order chi connectivity index (χ1) is 15.0. The average Bonchev–Trinajstić information content (AvgIpc) is 3.53. The Kier molecular flexibility index (Phi) is 4.97. The van der Waals surface area contributed by atoms with Gasteiger partial charge in [0.05, 0.1) is 23.8 Å². The van der Waals surface area contributed by atoms with E-state index in [0.29, 0.717) is 49.4 Å². The summed E-state index contributed by atoms with van der Waals surface area (Å²) in [6, 6.07) is 4.71. The van der Waals surface area contributed by atoms with Crippen LogP contribution in [-0.4, -0.2) is 54.1 Å². The Bertz CT molecular complexity index is 1170. The highest BCUT2D eigenvalue weighted by Gasteiger charge is 2.30. The zero-order chi connectivity index (χ0) is 21.7. The molecule has 1 aromatic carbocycles. The number of aromatic amines is 1. The summed E-state index contributed by atoms with van der Waals surface area (Å²) in [5.41, 5.74) is 1.64. The summed E-state index contributed by atoms with van der Waals surface area (Å²) in [6.45, 7) is 1.95. The molecular formula is C22H21ClF2N4O2. The predicted molar refractivity (Wildman–Crippen MR) is 114 cm³/mol. The fraction of sp³-hybridized carbons (Fsp3) is 0.364. The SMILES string of the molecule is COc1cc(F)cnc1N1CCN(C(=O)c2cc3c(C4CC4)cc(Cl)c(F)c3[nH]2)CC1. The molecule has 2 fully saturated rings. The Labute approximate surface area is 182 Å². The van der Waals surface area contributed by atoms with Gasteiger partial charge in [0.1, 0.15) is 11.5 Å². The normalized spacial score (nSPS) is 16.8. The molecule has 0 bridgehead atoms. The Balaban J connectivity index is 1.36. The van der Waals surface area contributed by atoms with Crippen molar-refractivity contribution in [2.45, 2.75) is 18.8 Å². The number of methoxy groups -OCH3 is 1. The summed E-state index contributed by atoms with van der Waals surface area (Å²) >= 11 is 6.08. The molecule has 1 saturated carbocycles. The smallest absolute Gasteiger partial charge is 0.270 e. The highest BCUT2D eigenvalue weighted by atomic mass is 35.5. The summed E-state index contributed by atoms with van der Waals surface area (Å²) in [4.78, 5) is 23.9. The van der Waals surface area contributed by atoms with E-state index < -0.39 is 11.6 Å². The van der Waals surface area contributed by atoms with Crippen molar-refractivity contribution in [3.63, 3.8) is 0 Å². The summed E-state index contributed by atoms with van der Waals surface area (Å²) in [7, 11) is 1.47. The number of amides is 1. The molecule has 31 heavy (non-hydrogen) atoms. The molecule has 0 spiro atoms. The van der Waals surface area contributed by atoms with Crippen molar-refractivity contribution >= 4 is 34.2 Å². The lowest BCUT2D eigenvalue weighted by Gasteiger charge is -2.35. The number of piperazine rings is 1. The van der Waals surface area contributed by atoms with Gasteiger partial charge in [-0.05, 0) is 36.5 Å². The number of carbonyl (C=O) groups is 1. The summed E-state index contributed by atoms with van der Waals surface area (Å²) in [5, 5.41) is 0.802. The van der Waals surface area contributed by atoms with Crippen molar-refractivity contribution < 1.29 is 18.3 Å². The van der Waals surface area contributed by atoms with Crippen LogP contribution in [0.3, 0.4) is 0 Å². The van der Waals surface area contributed by atoms with Crippen LogP contribution in [0.2, 0.25) is 5.02 Å². The van der Waals surface area contributed by atoms with E-state index in [4.69, 9.17) is 16.3 Å². The molecule has 9 heteroatoms. The van der Waals surface area contributed by atoms with Crippen LogP contribution >= 0.6 is 11.6 Å². The lowest BCUT2D eigenvalue weighted by molar-refractivity contribution is 0.0741. The molecule has 3 aromatic rings. The minimum atomic E-state index is -0.528. The Morgan fingerprint density at radius 1 is 1.19 bits per heavy atom. The Hall–Kier alpha value is -2.87. The van der Waals surface area contributed by atoms with Crippen LogP contribution in [0.4, 0.5) is 14.6 Å². The first-order valence-electron chi connectivity index (χ1n) is 10.2. The van der Waals surface area contributed by atoms with Crippen LogP contribution in [0.25, 0.3) is 10.9 Å². The number of benzene rings is 1. The molecule has 2 aliphatic rings. The van der Waals surface area contributed by atoms with E-state index in [1.54, 1.807) is 17.0 Å². The van der Waals surface area contributed by atoms with Gasteiger partial charge in [0.2, 0.25) is 0 Å². The fourth-order valence-electron chi connectivity index (χ4n) is 4.19. The third-order valence-electron chi connectivity index (χ3n) is 5.97. The van der Waals surface area contributed by atoms with Crippen molar-refractivity contribution in [1.82, 2.24) is 14.9 Å². The number of pyridine rings is 1. The Morgan fingerprint density at radius 3 is 2.61 bits per heavy atom. The molecule has 3 heterocycles. The second-order valence-corrected chi connectivity index (χ2v) is 8.37. The molecule has 1 N–H and O–H groups in total. The van der Waals surface area contributed by atoms with Gasteiger partial charge in [0.25, 0.3) is 5.91 Å². The molecular weight excluding hydrogens is 426 g/mol. The molecule has 2 aromatic heterocycles. The van der Waals surface area contributed by atoms with E-state index in [1.807, 2.05) is 4.90 Å². The Morgan fingerprint density at radius 2 is 1.94 bits per heavy atom. The largest absolute Gasteiger partial charge is 0.493 e. The van der Waals surface area contributed by atoms with Crippen LogP contribution in [0.15, 0.2) is 24.4 Å². The second-order valence-electron chi connectivity index (χ2n) is 7.97. The van der Waals surface area contributed by atoms with Gasteiger partial charge in [0.15, 0.2) is 17.4 Å². The molecule has 162 valence electrons. The van der Waals surface area contributed by atoms with Crippen molar-refractivity contribution in [1.29, 1.82) is 0 Å². The van der Waals surface area contributed by atoms with Crippen LogP contribution < -0.4 is 9.64 Å². The highest BCUT2D eigenvalue weighted by molar-refractivity contribution is 6.31. The monoisotopic (exact) mass is 446 g/mol. The van der Waals surface area contributed by atoms with E-state index in [9.17, 15) is 13.6 Å². The fourth-order valence-corrected chi connectivity index (χ4v) is 4.40. The van der Waals surface area contributed by atoms with Gasteiger partial charge in [-0.2, -0.15) is 0 Å². The minimum Gasteiger partial charge on any atom is -0.493 e. The van der Waals surface area contributed by atoms with Gasteiger partial charge in [0, 0.05) is 37.6 Å². The van der Waals surface area contributed by atoms with Crippen LogP contribution in [0.5, 0.6) is 5.75 Å². The van der Waals surface area contributed by atoms with E-state index >= 15 is 0 Å². The maximum absolute atomic E-state index is 14.6. The zero-order valence-electron chi connectivity index (χ0n) is 16.9.